The second kappa shape index (κ2) is 16.4. The molecule has 2 saturated heterocycles. The van der Waals surface area contributed by atoms with Gasteiger partial charge < -0.3 is 34.5 Å². The molecule has 2 aliphatic heterocycles. The third-order valence-corrected chi connectivity index (χ3v) is 9.72. The number of H-pyrrole nitrogens is 2. The third kappa shape index (κ3) is 8.93. The molecule has 5 heterocycles. The van der Waals surface area contributed by atoms with E-state index in [-0.39, 0.29) is 42.9 Å². The molecular weight excluding hydrogens is 726 g/mol. The summed E-state index contributed by atoms with van der Waals surface area (Å²) in [4.78, 5) is 75.3. The zero-order valence-corrected chi connectivity index (χ0v) is 30.4. The van der Waals surface area contributed by atoms with Gasteiger partial charge in [-0.05, 0) is 27.7 Å². The van der Waals surface area contributed by atoms with Gasteiger partial charge in [-0.3, -0.25) is 42.5 Å². The van der Waals surface area contributed by atoms with Gasteiger partial charge in [-0.1, -0.05) is 5.92 Å². The molecule has 5 N–H and O–H groups in total. The number of anilines is 1. The van der Waals surface area contributed by atoms with E-state index in [0.29, 0.717) is 0 Å². The number of alkyl halides is 1. The van der Waals surface area contributed by atoms with Gasteiger partial charge in [-0.2, -0.15) is 4.98 Å². The van der Waals surface area contributed by atoms with Crippen LogP contribution in [0.3, 0.4) is 0 Å². The van der Waals surface area contributed by atoms with E-state index in [1.54, 1.807) is 13.8 Å². The van der Waals surface area contributed by atoms with Crippen molar-refractivity contribution in [3.8, 4) is 12.3 Å². The molecule has 0 aliphatic carbocycles. The Bertz CT molecular complexity index is 2040. The Morgan fingerprint density at radius 3 is 2.51 bits per heavy atom. The van der Waals surface area contributed by atoms with Gasteiger partial charge in [0.05, 0.1) is 44.3 Å². The SMILES string of the molecule is C#CCN(C[C@H]1O[C@@H](n2ccc(=O)[nH]c2=O)[C@H](OC)[C@@H]1OP(=O)(O)OC(C)C)C(=O)C[C@H]1[C@@H](F)[C@H](n2cnc3c(=O)[nH]c(N)nc32)O[C@@H]1COC(C)C. The Morgan fingerprint density at radius 1 is 1.15 bits per heavy atom. The van der Waals surface area contributed by atoms with Crippen molar-refractivity contribution in [2.75, 3.05) is 32.5 Å². The van der Waals surface area contributed by atoms with Gasteiger partial charge >= 0.3 is 13.5 Å². The molecule has 53 heavy (non-hydrogen) atoms. The number of halogens is 1. The number of nitrogens with two attached hydrogens (primary N) is 1. The van der Waals surface area contributed by atoms with E-state index < -0.39 is 92.0 Å². The molecule has 0 aromatic carbocycles. The molecule has 1 amide bonds. The van der Waals surface area contributed by atoms with Crippen molar-refractivity contribution in [1.82, 2.24) is 34.0 Å². The molecule has 3 aromatic rings. The van der Waals surface area contributed by atoms with Gasteiger partial charge in [0.2, 0.25) is 11.9 Å². The zero-order valence-electron chi connectivity index (χ0n) is 29.5. The van der Waals surface area contributed by atoms with E-state index in [1.807, 2.05) is 0 Å². The highest BCUT2D eigenvalue weighted by Crippen LogP contribution is 2.50. The second-order valence-corrected chi connectivity index (χ2v) is 14.3. The number of methoxy groups -OCH3 is 1. The summed E-state index contributed by atoms with van der Waals surface area (Å²) in [5.74, 6) is 0.391. The van der Waals surface area contributed by atoms with Crippen LogP contribution >= 0.6 is 7.82 Å². The van der Waals surface area contributed by atoms with Crippen molar-refractivity contribution >= 4 is 30.8 Å². The quantitative estimate of drug-likeness (QED) is 0.119. The molecule has 290 valence electrons. The summed E-state index contributed by atoms with van der Waals surface area (Å²) < 4.78 is 65.9. The summed E-state index contributed by atoms with van der Waals surface area (Å²) in [5.41, 5.74) is 3.41. The number of ether oxygens (including phenoxy) is 4. The number of imidazole rings is 1. The number of nitrogen functional groups attached to an aromatic ring is 1. The number of carbonyl (C=O) groups is 1. The first-order valence-electron chi connectivity index (χ1n) is 16.6. The van der Waals surface area contributed by atoms with Crippen molar-refractivity contribution in [2.24, 2.45) is 5.92 Å². The van der Waals surface area contributed by atoms with Crippen LogP contribution in [0.15, 0.2) is 33.0 Å². The second-order valence-electron chi connectivity index (χ2n) is 13.0. The highest BCUT2D eigenvalue weighted by molar-refractivity contribution is 7.47. The molecule has 2 fully saturated rings. The van der Waals surface area contributed by atoms with Crippen molar-refractivity contribution in [3.63, 3.8) is 0 Å². The van der Waals surface area contributed by atoms with E-state index in [9.17, 15) is 28.6 Å². The lowest BCUT2D eigenvalue weighted by Crippen LogP contribution is -2.45. The molecule has 0 spiro atoms. The van der Waals surface area contributed by atoms with Crippen LogP contribution in [0.5, 0.6) is 0 Å². The molecule has 5 rings (SSSR count). The fourth-order valence-corrected chi connectivity index (χ4v) is 7.40. The minimum atomic E-state index is -4.79. The molecule has 0 saturated carbocycles. The Hall–Kier alpha value is -4.26. The zero-order chi connectivity index (χ0) is 38.8. The molecule has 20 nitrogen and oxygen atoms in total. The number of phosphoric ester groups is 1. The predicted molar refractivity (Wildman–Crippen MR) is 183 cm³/mol. The summed E-state index contributed by atoms with van der Waals surface area (Å²) in [5, 5.41) is 0. The number of hydrogen-bond acceptors (Lipinski definition) is 14. The number of hydrogen-bond donors (Lipinski definition) is 4. The molecule has 22 heteroatoms. The average molecular weight is 769 g/mol. The summed E-state index contributed by atoms with van der Waals surface area (Å²) in [6, 6.07) is 1.06. The third-order valence-electron chi connectivity index (χ3n) is 8.52. The van der Waals surface area contributed by atoms with Crippen LogP contribution in [-0.4, -0.2) is 114 Å². The lowest BCUT2D eigenvalue weighted by atomic mass is 9.94. The fraction of sp³-hybridized carbons (Fsp3) is 0.613. The lowest BCUT2D eigenvalue weighted by Gasteiger charge is -2.30. The lowest BCUT2D eigenvalue weighted by molar-refractivity contribution is -0.136. The normalized spacial score (nSPS) is 27.0. The number of fused-ring (bicyclic) bond motifs is 1. The topological polar surface area (TPSA) is 257 Å². The van der Waals surface area contributed by atoms with Crippen LogP contribution in [0.2, 0.25) is 0 Å². The molecular formula is C31H42FN8O12P. The maximum atomic E-state index is 16.5. The van der Waals surface area contributed by atoms with Gasteiger partial charge in [0.1, 0.15) is 18.3 Å². The van der Waals surface area contributed by atoms with E-state index in [4.69, 9.17) is 40.2 Å². The van der Waals surface area contributed by atoms with Crippen molar-refractivity contribution in [2.45, 2.75) is 89.4 Å². The molecule has 0 radical (unpaired) electrons. The van der Waals surface area contributed by atoms with Gasteiger partial charge in [0.25, 0.3) is 11.1 Å². The monoisotopic (exact) mass is 768 g/mol. The number of amides is 1. The number of carbonyl (C=O) groups excluding carboxylic acids is 1. The van der Waals surface area contributed by atoms with Gasteiger partial charge in [-0.15, -0.1) is 6.42 Å². The van der Waals surface area contributed by atoms with Crippen LogP contribution in [0.1, 0.15) is 46.6 Å². The number of aromatic nitrogens is 6. The summed E-state index contributed by atoms with van der Waals surface area (Å²) in [6.07, 6.45) is -2.97. The number of nitrogens with zero attached hydrogens (tertiary/aromatic N) is 5. The number of phosphoric acid groups is 1. The van der Waals surface area contributed by atoms with Crippen molar-refractivity contribution in [3.05, 3.63) is 49.8 Å². The Kier molecular flexibility index (Phi) is 12.4. The fourth-order valence-electron chi connectivity index (χ4n) is 6.26. The minimum Gasteiger partial charge on any atom is -0.376 e. The smallest absolute Gasteiger partial charge is 0.376 e. The average Bonchev–Trinajstić information content (AvgIpc) is 3.72. The number of rotatable bonds is 15. The van der Waals surface area contributed by atoms with Gasteiger partial charge in [0.15, 0.2) is 29.8 Å². The van der Waals surface area contributed by atoms with E-state index in [2.05, 4.69) is 25.9 Å². The number of terminal acetylenes is 1. The standard InChI is InChI=1S/C31H42FN8O12P/c1-7-9-38(12-18-24(52-53(45,46)51-16(4)5)25(47-6)29(49-18)39-10-8-20(41)35-31(39)44)21(42)11-17-19(13-48-15(2)3)50-28(22(17)32)40-14-34-23-26(40)36-30(33)37-27(23)43/h1,8,10,14-19,22,24-25,28-29H,9,11-13H2,2-6H3,(H,45,46)(H,35,41,44)(H3,33,36,37,43)/t17-,18-,19-,22-,24-,25-,28-,29-/m1/s1. The first-order valence-corrected chi connectivity index (χ1v) is 18.1. The van der Waals surface area contributed by atoms with E-state index in [0.717, 1.165) is 21.7 Å². The molecule has 2 aliphatic rings. The molecule has 0 bridgehead atoms. The summed E-state index contributed by atoms with van der Waals surface area (Å²) in [7, 11) is -3.55. The van der Waals surface area contributed by atoms with E-state index in [1.165, 1.54) is 31.9 Å². The Labute approximate surface area is 301 Å². The Morgan fingerprint density at radius 2 is 1.87 bits per heavy atom. The summed E-state index contributed by atoms with van der Waals surface area (Å²) >= 11 is 0. The highest BCUT2D eigenvalue weighted by Gasteiger charge is 2.52. The van der Waals surface area contributed by atoms with E-state index >= 15 is 4.39 Å². The largest absolute Gasteiger partial charge is 0.472 e. The van der Waals surface area contributed by atoms with Crippen LogP contribution < -0.4 is 22.5 Å². The predicted octanol–water partition coefficient (Wildman–Crippen LogP) is 0.204. The van der Waals surface area contributed by atoms with Crippen LogP contribution in [0, 0.1) is 18.3 Å². The molecule has 1 unspecified atom stereocenters. The van der Waals surface area contributed by atoms with Gasteiger partial charge in [-0.25, -0.2) is 18.7 Å². The van der Waals surface area contributed by atoms with Crippen molar-refractivity contribution < 1.29 is 46.6 Å². The number of nitrogens with one attached hydrogen (secondary N) is 2. The highest BCUT2D eigenvalue weighted by atomic mass is 31.2. The van der Waals surface area contributed by atoms with Crippen LogP contribution in [-0.2, 0) is 37.4 Å². The van der Waals surface area contributed by atoms with Crippen molar-refractivity contribution in [1.29, 1.82) is 0 Å². The maximum Gasteiger partial charge on any atom is 0.472 e. The first-order chi connectivity index (χ1) is 25.0. The molecule has 9 atom stereocenters. The minimum absolute atomic E-state index is 0.0285. The van der Waals surface area contributed by atoms with Crippen LogP contribution in [0.25, 0.3) is 11.2 Å². The summed E-state index contributed by atoms with van der Waals surface area (Å²) in [6.45, 7) is 5.77. The first kappa shape index (κ1) is 39.9. The molecule has 3 aromatic heterocycles. The number of aromatic amines is 2. The van der Waals surface area contributed by atoms with Gasteiger partial charge in [0, 0.05) is 31.7 Å². The Balaban J connectivity index is 1.44. The van der Waals surface area contributed by atoms with Crippen LogP contribution in [0.4, 0.5) is 10.3 Å². The maximum absolute atomic E-state index is 16.5.